The van der Waals surface area contributed by atoms with E-state index in [0.29, 0.717) is 6.54 Å². The first-order chi connectivity index (χ1) is 8.53. The summed E-state index contributed by atoms with van der Waals surface area (Å²) in [5, 5.41) is 2.87. The Morgan fingerprint density at radius 2 is 2.28 bits per heavy atom. The number of carbonyl (C=O) groups excluding carboxylic acids is 1. The van der Waals surface area contributed by atoms with Crippen LogP contribution in [0.2, 0.25) is 0 Å². The molecule has 0 radical (unpaired) electrons. The number of amides is 1. The second kappa shape index (κ2) is 5.02. The Kier molecular flexibility index (Phi) is 3.61. The van der Waals surface area contributed by atoms with E-state index in [0.717, 1.165) is 11.0 Å². The lowest BCUT2D eigenvalue weighted by Gasteiger charge is -2.25. The zero-order chi connectivity index (χ0) is 13.2. The van der Waals surface area contributed by atoms with Crippen LogP contribution in [0.5, 0.6) is 0 Å². The number of hydrogen-bond donors (Lipinski definition) is 3. The molecule has 1 aromatic heterocycles. The number of hydrogen-bond acceptors (Lipinski definition) is 3. The van der Waals surface area contributed by atoms with Crippen molar-refractivity contribution in [2.75, 3.05) is 12.3 Å². The minimum Gasteiger partial charge on any atom is -0.355 e. The van der Waals surface area contributed by atoms with Gasteiger partial charge in [0, 0.05) is 12.0 Å². The molecule has 0 fully saturated rings. The van der Waals surface area contributed by atoms with E-state index in [1.807, 2.05) is 6.07 Å². The molecule has 4 nitrogen and oxygen atoms in total. The molecule has 0 aliphatic carbocycles. The van der Waals surface area contributed by atoms with Gasteiger partial charge in [0.2, 0.25) is 5.91 Å². The molecule has 0 bridgehead atoms. The van der Waals surface area contributed by atoms with Crippen molar-refractivity contribution in [2.24, 2.45) is 0 Å². The van der Waals surface area contributed by atoms with Crippen molar-refractivity contribution < 1.29 is 4.79 Å². The van der Waals surface area contributed by atoms with Crippen LogP contribution >= 0.6 is 12.6 Å². The quantitative estimate of drug-likeness (QED) is 0.738. The second-order valence-electron chi connectivity index (χ2n) is 4.95. The predicted octanol–water partition coefficient (Wildman–Crippen LogP) is 1.89. The number of imidazole rings is 1. The summed E-state index contributed by atoms with van der Waals surface area (Å²) < 4.78 is 0. The lowest BCUT2D eigenvalue weighted by Crippen LogP contribution is -2.37. The van der Waals surface area contributed by atoms with Crippen LogP contribution in [-0.4, -0.2) is 28.2 Å². The van der Waals surface area contributed by atoms with Gasteiger partial charge in [-0.2, -0.15) is 12.6 Å². The second-order valence-corrected chi connectivity index (χ2v) is 5.27. The Hall–Kier alpha value is -1.49. The van der Waals surface area contributed by atoms with Gasteiger partial charge in [-0.1, -0.05) is 19.9 Å². The molecule has 0 saturated heterocycles. The first kappa shape index (κ1) is 13.0. The molecular weight excluding hydrogens is 246 g/mol. The molecule has 1 heterocycles. The number of thiol groups is 1. The normalized spacial score (nSPS) is 11.7. The summed E-state index contributed by atoms with van der Waals surface area (Å²) >= 11 is 3.95. The lowest BCUT2D eigenvalue weighted by molar-refractivity contribution is -0.118. The van der Waals surface area contributed by atoms with Crippen LogP contribution in [0.1, 0.15) is 19.4 Å². The van der Waals surface area contributed by atoms with Crippen LogP contribution in [0.4, 0.5) is 0 Å². The average Bonchev–Trinajstić information content (AvgIpc) is 2.83. The van der Waals surface area contributed by atoms with E-state index in [2.05, 4.69) is 53.9 Å². The van der Waals surface area contributed by atoms with Gasteiger partial charge < -0.3 is 10.3 Å². The lowest BCUT2D eigenvalue weighted by atomic mass is 9.84. The molecule has 2 rings (SSSR count). The third-order valence-corrected chi connectivity index (χ3v) is 3.36. The monoisotopic (exact) mass is 263 g/mol. The maximum Gasteiger partial charge on any atom is 0.229 e. The number of rotatable bonds is 4. The first-order valence-electron chi connectivity index (χ1n) is 5.84. The van der Waals surface area contributed by atoms with E-state index >= 15 is 0 Å². The zero-order valence-electron chi connectivity index (χ0n) is 10.5. The highest BCUT2D eigenvalue weighted by molar-refractivity contribution is 7.81. The van der Waals surface area contributed by atoms with Crippen LogP contribution in [-0.2, 0) is 10.2 Å². The van der Waals surface area contributed by atoms with E-state index in [1.54, 1.807) is 6.33 Å². The van der Waals surface area contributed by atoms with Gasteiger partial charge in [0.1, 0.15) is 0 Å². The van der Waals surface area contributed by atoms with Crippen LogP contribution in [0.25, 0.3) is 11.0 Å². The molecule has 1 aromatic carbocycles. The summed E-state index contributed by atoms with van der Waals surface area (Å²) in [6.07, 6.45) is 1.68. The highest BCUT2D eigenvalue weighted by atomic mass is 32.1. The molecular formula is C13H17N3OS. The summed E-state index contributed by atoms with van der Waals surface area (Å²) in [5.41, 5.74) is 3.01. The third kappa shape index (κ3) is 2.67. The van der Waals surface area contributed by atoms with Crippen molar-refractivity contribution in [3.05, 3.63) is 30.1 Å². The van der Waals surface area contributed by atoms with Gasteiger partial charge >= 0.3 is 0 Å². The molecule has 0 aliphatic rings. The standard InChI is InChI=1S/C13H17N3OS/c1-13(2,7-14-12(17)6-18)9-3-4-10-11(5-9)16-8-15-10/h3-5,8,18H,6-7H2,1-2H3,(H,14,17)(H,15,16). The van der Waals surface area contributed by atoms with Crippen LogP contribution in [0.3, 0.4) is 0 Å². The fourth-order valence-corrected chi connectivity index (χ4v) is 1.95. The summed E-state index contributed by atoms with van der Waals surface area (Å²) in [6, 6.07) is 6.12. The van der Waals surface area contributed by atoms with Crippen molar-refractivity contribution >= 4 is 29.6 Å². The molecule has 5 heteroatoms. The minimum absolute atomic E-state index is 0.0472. The van der Waals surface area contributed by atoms with E-state index < -0.39 is 0 Å². The molecule has 0 spiro atoms. The Labute approximate surface area is 112 Å². The van der Waals surface area contributed by atoms with Crippen molar-refractivity contribution in [3.63, 3.8) is 0 Å². The number of fused-ring (bicyclic) bond motifs is 1. The maximum absolute atomic E-state index is 11.3. The summed E-state index contributed by atoms with van der Waals surface area (Å²) in [7, 11) is 0. The first-order valence-corrected chi connectivity index (χ1v) is 6.47. The summed E-state index contributed by atoms with van der Waals surface area (Å²) in [5.74, 6) is 0.171. The van der Waals surface area contributed by atoms with Crippen molar-refractivity contribution in [1.82, 2.24) is 15.3 Å². The van der Waals surface area contributed by atoms with Crippen molar-refractivity contribution in [2.45, 2.75) is 19.3 Å². The molecule has 0 saturated carbocycles. The largest absolute Gasteiger partial charge is 0.355 e. The van der Waals surface area contributed by atoms with E-state index in [1.165, 1.54) is 5.56 Å². The molecule has 0 aliphatic heterocycles. The zero-order valence-corrected chi connectivity index (χ0v) is 11.4. The van der Waals surface area contributed by atoms with Gasteiger partial charge in [0.15, 0.2) is 0 Å². The van der Waals surface area contributed by atoms with Gasteiger partial charge in [-0.25, -0.2) is 4.98 Å². The number of nitrogens with one attached hydrogen (secondary N) is 2. The van der Waals surface area contributed by atoms with E-state index in [9.17, 15) is 4.79 Å². The molecule has 2 N–H and O–H groups in total. The SMILES string of the molecule is CC(C)(CNC(=O)CS)c1ccc2nc[nH]c2c1. The van der Waals surface area contributed by atoms with Gasteiger partial charge in [-0.05, 0) is 17.7 Å². The third-order valence-electron chi connectivity index (χ3n) is 3.07. The molecule has 0 atom stereocenters. The van der Waals surface area contributed by atoms with Crippen LogP contribution < -0.4 is 5.32 Å². The predicted molar refractivity (Wildman–Crippen MR) is 76.0 cm³/mol. The summed E-state index contributed by atoms with van der Waals surface area (Å²) in [6.45, 7) is 4.79. The van der Waals surface area contributed by atoms with Crippen LogP contribution in [0, 0.1) is 0 Å². The minimum atomic E-state index is -0.127. The number of benzene rings is 1. The van der Waals surface area contributed by atoms with E-state index in [4.69, 9.17) is 0 Å². The average molecular weight is 263 g/mol. The smallest absolute Gasteiger partial charge is 0.229 e. The van der Waals surface area contributed by atoms with Gasteiger partial charge in [0.25, 0.3) is 0 Å². The number of H-pyrrole nitrogens is 1. The van der Waals surface area contributed by atoms with E-state index in [-0.39, 0.29) is 17.1 Å². The number of aromatic amines is 1. The molecule has 2 aromatic rings. The summed E-state index contributed by atoms with van der Waals surface area (Å²) in [4.78, 5) is 18.5. The van der Waals surface area contributed by atoms with Gasteiger partial charge in [-0.15, -0.1) is 0 Å². The van der Waals surface area contributed by atoms with Gasteiger partial charge in [0.05, 0.1) is 23.1 Å². The fourth-order valence-electron chi connectivity index (χ4n) is 1.83. The Balaban J connectivity index is 2.19. The Morgan fingerprint density at radius 3 is 3.00 bits per heavy atom. The highest BCUT2D eigenvalue weighted by Crippen LogP contribution is 2.24. The topological polar surface area (TPSA) is 57.8 Å². The molecule has 1 amide bonds. The highest BCUT2D eigenvalue weighted by Gasteiger charge is 2.21. The van der Waals surface area contributed by atoms with Gasteiger partial charge in [-0.3, -0.25) is 4.79 Å². The number of carbonyl (C=O) groups is 1. The maximum atomic E-state index is 11.3. The molecule has 18 heavy (non-hydrogen) atoms. The fraction of sp³-hybridized carbons (Fsp3) is 0.385. The Bertz CT molecular complexity index is 562. The van der Waals surface area contributed by atoms with Crippen molar-refractivity contribution in [1.29, 1.82) is 0 Å². The Morgan fingerprint density at radius 1 is 1.50 bits per heavy atom. The van der Waals surface area contributed by atoms with Crippen LogP contribution in [0.15, 0.2) is 24.5 Å². The molecule has 96 valence electrons. The van der Waals surface area contributed by atoms with Crippen molar-refractivity contribution in [3.8, 4) is 0 Å². The molecule has 0 unspecified atom stereocenters. The number of nitrogens with zero attached hydrogens (tertiary/aromatic N) is 1. The number of aromatic nitrogens is 2.